The Kier molecular flexibility index (Phi) is 8.80. The number of nitrogens with one attached hydrogen (secondary N) is 2. The maximum absolute atomic E-state index is 12.1. The largest absolute Gasteiger partial charge is 0.481 e. The maximum atomic E-state index is 12.1. The van der Waals surface area contributed by atoms with Crippen LogP contribution in [0.15, 0.2) is 67.0 Å². The summed E-state index contributed by atoms with van der Waals surface area (Å²) in [7, 11) is 0. The van der Waals surface area contributed by atoms with Crippen LogP contribution >= 0.6 is 0 Å². The lowest BCUT2D eigenvalue weighted by molar-refractivity contribution is -0.147. The Morgan fingerprint density at radius 2 is 1.65 bits per heavy atom. The highest BCUT2D eigenvalue weighted by Crippen LogP contribution is 2.27. The first kappa shape index (κ1) is 28.6. The van der Waals surface area contributed by atoms with Crippen molar-refractivity contribution in [2.75, 3.05) is 36.8 Å². The average Bonchev–Trinajstić information content (AvgIpc) is 3.03. The van der Waals surface area contributed by atoms with E-state index in [2.05, 4.69) is 57.5 Å². The molecule has 2 aliphatic heterocycles. The van der Waals surface area contributed by atoms with Crippen LogP contribution < -0.4 is 10.6 Å². The van der Waals surface area contributed by atoms with Crippen LogP contribution in [0.1, 0.15) is 36.9 Å². The predicted molar refractivity (Wildman–Crippen MR) is 165 cm³/mol. The molecule has 2 saturated heterocycles. The number of pyridine rings is 1. The predicted octanol–water partition coefficient (Wildman–Crippen LogP) is 4.89. The van der Waals surface area contributed by atoms with E-state index in [1.807, 2.05) is 37.3 Å². The van der Waals surface area contributed by atoms with Crippen molar-refractivity contribution in [2.24, 2.45) is 5.92 Å². The Morgan fingerprint density at radius 3 is 2.42 bits per heavy atom. The molecule has 2 atom stereocenters. The summed E-state index contributed by atoms with van der Waals surface area (Å²) in [6.45, 7) is 6.21. The standard InChI is InChI=1S/C32H37N9O2/c1-22-6-5-7-26(35-22)30-33-15-12-28(38-30)37-29-13-16-34-32(39-29)36-24-10-8-23(9-11-24)20-40-19-14-27(25(21-40)31(42)43)41-17-3-2-4-18-41/h5-13,15-16,25,27H,2-4,14,17-21H2,1H3,(H,42,43)(H2,33,34,36,37,38,39). The number of likely N-dealkylation sites (tertiary alicyclic amines) is 2. The quantitative estimate of drug-likeness (QED) is 0.250. The summed E-state index contributed by atoms with van der Waals surface area (Å²) in [6.07, 6.45) is 7.88. The lowest BCUT2D eigenvalue weighted by Gasteiger charge is -2.43. The summed E-state index contributed by atoms with van der Waals surface area (Å²) < 4.78 is 0. The van der Waals surface area contributed by atoms with Crippen molar-refractivity contribution >= 4 is 29.2 Å². The van der Waals surface area contributed by atoms with Gasteiger partial charge in [0.05, 0.1) is 5.92 Å². The second kappa shape index (κ2) is 13.2. The van der Waals surface area contributed by atoms with Crippen LogP contribution in [-0.2, 0) is 11.3 Å². The van der Waals surface area contributed by atoms with E-state index in [1.54, 1.807) is 24.5 Å². The van der Waals surface area contributed by atoms with Crippen LogP contribution in [-0.4, -0.2) is 78.0 Å². The van der Waals surface area contributed by atoms with Gasteiger partial charge in [0.2, 0.25) is 5.95 Å². The SMILES string of the molecule is Cc1cccc(-c2nccc(Nc3ccnc(Nc4ccc(CN5CCC(N6CCCCC6)C(C(=O)O)C5)cc4)n3)n2)n1. The fraction of sp³-hybridized carbons (Fsp3) is 0.375. The molecule has 43 heavy (non-hydrogen) atoms. The number of hydrogen-bond acceptors (Lipinski definition) is 10. The second-order valence-electron chi connectivity index (χ2n) is 11.3. The summed E-state index contributed by atoms with van der Waals surface area (Å²) in [5.74, 6) is 1.16. The number of carboxylic acids is 1. The van der Waals surface area contributed by atoms with Crippen molar-refractivity contribution in [1.82, 2.24) is 34.7 Å². The van der Waals surface area contributed by atoms with Crippen molar-refractivity contribution in [3.05, 3.63) is 78.2 Å². The number of carbonyl (C=O) groups is 1. The van der Waals surface area contributed by atoms with E-state index in [4.69, 9.17) is 0 Å². The molecule has 2 unspecified atom stereocenters. The number of aromatic nitrogens is 5. The number of aryl methyl sites for hydroxylation is 1. The third kappa shape index (κ3) is 7.30. The number of piperidine rings is 2. The first-order valence-corrected chi connectivity index (χ1v) is 14.9. The van der Waals surface area contributed by atoms with E-state index in [0.29, 0.717) is 35.6 Å². The molecular weight excluding hydrogens is 542 g/mol. The van der Waals surface area contributed by atoms with Gasteiger partial charge >= 0.3 is 5.97 Å². The summed E-state index contributed by atoms with van der Waals surface area (Å²) in [5.41, 5.74) is 3.62. The van der Waals surface area contributed by atoms with E-state index in [1.165, 1.54) is 19.3 Å². The first-order valence-electron chi connectivity index (χ1n) is 14.9. The van der Waals surface area contributed by atoms with Gasteiger partial charge in [0, 0.05) is 49.5 Å². The molecule has 6 rings (SSSR count). The lowest BCUT2D eigenvalue weighted by Crippen LogP contribution is -2.54. The van der Waals surface area contributed by atoms with Crippen molar-refractivity contribution in [3.63, 3.8) is 0 Å². The summed E-state index contributed by atoms with van der Waals surface area (Å²) >= 11 is 0. The Balaban J connectivity index is 1.05. The zero-order valence-corrected chi connectivity index (χ0v) is 24.4. The van der Waals surface area contributed by atoms with Gasteiger partial charge in [-0.15, -0.1) is 0 Å². The topological polar surface area (TPSA) is 132 Å². The van der Waals surface area contributed by atoms with E-state index >= 15 is 0 Å². The van der Waals surface area contributed by atoms with Gasteiger partial charge in [0.25, 0.3) is 0 Å². The molecule has 1 aromatic carbocycles. The molecular formula is C32H37N9O2. The zero-order chi connectivity index (χ0) is 29.6. The van der Waals surface area contributed by atoms with Crippen LogP contribution in [0, 0.1) is 12.8 Å². The number of aliphatic carboxylic acids is 1. The van der Waals surface area contributed by atoms with Gasteiger partial charge in [-0.05, 0) is 81.2 Å². The molecule has 11 nitrogen and oxygen atoms in total. The van der Waals surface area contributed by atoms with Crippen molar-refractivity contribution in [3.8, 4) is 11.5 Å². The highest BCUT2D eigenvalue weighted by atomic mass is 16.4. The molecule has 3 N–H and O–H groups in total. The molecule has 2 fully saturated rings. The summed E-state index contributed by atoms with van der Waals surface area (Å²) in [4.78, 5) is 39.2. The molecule has 0 saturated carbocycles. The van der Waals surface area contributed by atoms with E-state index < -0.39 is 5.97 Å². The summed E-state index contributed by atoms with van der Waals surface area (Å²) in [6, 6.07) is 17.6. The van der Waals surface area contributed by atoms with E-state index in [0.717, 1.165) is 49.5 Å². The fourth-order valence-corrected chi connectivity index (χ4v) is 6.00. The molecule has 222 valence electrons. The molecule has 0 spiro atoms. The lowest BCUT2D eigenvalue weighted by atomic mass is 9.89. The van der Waals surface area contributed by atoms with Crippen LogP contribution in [0.5, 0.6) is 0 Å². The monoisotopic (exact) mass is 579 g/mol. The number of hydrogen-bond donors (Lipinski definition) is 3. The number of nitrogens with zero attached hydrogens (tertiary/aromatic N) is 7. The molecule has 5 heterocycles. The van der Waals surface area contributed by atoms with Crippen molar-refractivity contribution in [1.29, 1.82) is 0 Å². The third-order valence-corrected chi connectivity index (χ3v) is 8.14. The van der Waals surface area contributed by atoms with Gasteiger partial charge in [-0.3, -0.25) is 14.6 Å². The highest BCUT2D eigenvalue weighted by Gasteiger charge is 2.38. The van der Waals surface area contributed by atoms with Crippen LogP contribution in [0.2, 0.25) is 0 Å². The van der Waals surface area contributed by atoms with Gasteiger partial charge < -0.3 is 15.7 Å². The van der Waals surface area contributed by atoms with Crippen LogP contribution in [0.4, 0.5) is 23.3 Å². The number of anilines is 4. The minimum atomic E-state index is -0.681. The number of benzene rings is 1. The molecule has 0 amide bonds. The van der Waals surface area contributed by atoms with Crippen LogP contribution in [0.3, 0.4) is 0 Å². The number of rotatable bonds is 9. The third-order valence-electron chi connectivity index (χ3n) is 8.14. The average molecular weight is 580 g/mol. The maximum Gasteiger partial charge on any atom is 0.309 e. The molecule has 0 bridgehead atoms. The van der Waals surface area contributed by atoms with Gasteiger partial charge in [-0.1, -0.05) is 24.6 Å². The highest BCUT2D eigenvalue weighted by molar-refractivity contribution is 5.71. The molecule has 0 radical (unpaired) electrons. The zero-order valence-electron chi connectivity index (χ0n) is 24.4. The molecule has 11 heteroatoms. The minimum Gasteiger partial charge on any atom is -0.481 e. The Morgan fingerprint density at radius 1 is 0.884 bits per heavy atom. The van der Waals surface area contributed by atoms with E-state index in [-0.39, 0.29) is 12.0 Å². The van der Waals surface area contributed by atoms with Crippen LogP contribution in [0.25, 0.3) is 11.5 Å². The second-order valence-corrected chi connectivity index (χ2v) is 11.3. The van der Waals surface area contributed by atoms with Gasteiger partial charge in [0.15, 0.2) is 5.82 Å². The van der Waals surface area contributed by atoms with Gasteiger partial charge in [0.1, 0.15) is 17.3 Å². The smallest absolute Gasteiger partial charge is 0.309 e. The first-order chi connectivity index (χ1) is 21.0. The molecule has 0 aliphatic carbocycles. The Labute approximate surface area is 251 Å². The van der Waals surface area contributed by atoms with Crippen molar-refractivity contribution < 1.29 is 9.90 Å². The summed E-state index contributed by atoms with van der Waals surface area (Å²) in [5, 5.41) is 16.5. The molecule has 4 aromatic rings. The van der Waals surface area contributed by atoms with E-state index in [9.17, 15) is 9.90 Å². The van der Waals surface area contributed by atoms with Crippen molar-refractivity contribution in [2.45, 2.75) is 45.2 Å². The Hall–Kier alpha value is -4.48. The minimum absolute atomic E-state index is 0.146. The number of carboxylic acid groups (broad SMARTS) is 1. The molecule has 3 aromatic heterocycles. The fourth-order valence-electron chi connectivity index (χ4n) is 6.00. The Bertz CT molecular complexity index is 1540. The molecule has 2 aliphatic rings. The van der Waals surface area contributed by atoms with Gasteiger partial charge in [-0.2, -0.15) is 4.98 Å². The van der Waals surface area contributed by atoms with Gasteiger partial charge in [-0.25, -0.2) is 19.9 Å². The normalized spacial score (nSPS) is 19.6.